The van der Waals surface area contributed by atoms with Crippen LogP contribution in [0.1, 0.15) is 22.3 Å². The molecule has 1 unspecified atom stereocenters. The van der Waals surface area contributed by atoms with Gasteiger partial charge in [0.15, 0.2) is 0 Å². The van der Waals surface area contributed by atoms with Crippen molar-refractivity contribution in [1.82, 2.24) is 5.32 Å². The highest BCUT2D eigenvalue weighted by molar-refractivity contribution is 5.94. The molecule has 1 saturated heterocycles. The third kappa shape index (κ3) is 4.09. The third-order valence-corrected chi connectivity index (χ3v) is 3.03. The summed E-state index contributed by atoms with van der Waals surface area (Å²) < 4.78 is 5.28. The summed E-state index contributed by atoms with van der Waals surface area (Å²) >= 11 is 0. The maximum absolute atomic E-state index is 12.0. The molecule has 3 N–H and O–H groups in total. The molecule has 1 fully saturated rings. The molecule has 2 rings (SSSR count). The molecule has 19 heavy (non-hydrogen) atoms. The summed E-state index contributed by atoms with van der Waals surface area (Å²) in [6.07, 6.45) is 1.02. The largest absolute Gasteiger partial charge is 0.381 e. The lowest BCUT2D eigenvalue weighted by Crippen LogP contribution is -2.29. The fraction of sp³-hybridized carbons (Fsp3) is 0.400. The maximum Gasteiger partial charge on any atom is 0.251 e. The lowest BCUT2D eigenvalue weighted by atomic mass is 10.1. The Morgan fingerprint density at radius 3 is 3.16 bits per heavy atom. The SMILES string of the molecule is NCC#Cc1cccc(C(=O)NCC2CCOC2)c1. The highest BCUT2D eigenvalue weighted by Crippen LogP contribution is 2.11. The molecule has 1 aromatic rings. The number of nitrogens with two attached hydrogens (primary N) is 1. The molecule has 100 valence electrons. The molecule has 0 saturated carbocycles. The van der Waals surface area contributed by atoms with E-state index in [-0.39, 0.29) is 5.91 Å². The highest BCUT2D eigenvalue weighted by atomic mass is 16.5. The van der Waals surface area contributed by atoms with E-state index in [0.29, 0.717) is 24.6 Å². The van der Waals surface area contributed by atoms with Crippen molar-refractivity contribution in [2.24, 2.45) is 11.7 Å². The standard InChI is InChI=1S/C15H18N2O2/c16-7-2-4-12-3-1-5-14(9-12)15(18)17-10-13-6-8-19-11-13/h1,3,5,9,13H,6-8,10-11,16H2,(H,17,18). The molecule has 1 aromatic carbocycles. The van der Waals surface area contributed by atoms with E-state index in [2.05, 4.69) is 17.2 Å². The topological polar surface area (TPSA) is 64.4 Å². The molecule has 1 amide bonds. The summed E-state index contributed by atoms with van der Waals surface area (Å²) in [5.74, 6) is 6.07. The summed E-state index contributed by atoms with van der Waals surface area (Å²) in [5.41, 5.74) is 6.76. The van der Waals surface area contributed by atoms with Crippen LogP contribution in [0.3, 0.4) is 0 Å². The number of hydrogen-bond acceptors (Lipinski definition) is 3. The Bertz CT molecular complexity index is 496. The normalized spacial score (nSPS) is 17.6. The van der Waals surface area contributed by atoms with Crippen LogP contribution in [0, 0.1) is 17.8 Å². The molecule has 1 aliphatic rings. The lowest BCUT2D eigenvalue weighted by molar-refractivity contribution is 0.0945. The van der Waals surface area contributed by atoms with Crippen LogP contribution in [0.15, 0.2) is 24.3 Å². The van der Waals surface area contributed by atoms with Crippen LogP contribution < -0.4 is 11.1 Å². The zero-order valence-electron chi connectivity index (χ0n) is 10.8. The summed E-state index contributed by atoms with van der Waals surface area (Å²) in [6.45, 7) is 2.52. The number of ether oxygens (including phenoxy) is 1. The van der Waals surface area contributed by atoms with Crippen molar-refractivity contribution in [2.45, 2.75) is 6.42 Å². The van der Waals surface area contributed by atoms with Crippen molar-refractivity contribution in [1.29, 1.82) is 0 Å². The van der Waals surface area contributed by atoms with Gasteiger partial charge in [-0.25, -0.2) is 0 Å². The average molecular weight is 258 g/mol. The first-order valence-electron chi connectivity index (χ1n) is 6.44. The Balaban J connectivity index is 1.94. The second-order valence-electron chi connectivity index (χ2n) is 4.53. The van der Waals surface area contributed by atoms with E-state index in [9.17, 15) is 4.79 Å². The van der Waals surface area contributed by atoms with Crippen molar-refractivity contribution >= 4 is 5.91 Å². The van der Waals surface area contributed by atoms with Crippen LogP contribution in [-0.2, 0) is 4.74 Å². The quantitative estimate of drug-likeness (QED) is 0.787. The van der Waals surface area contributed by atoms with E-state index >= 15 is 0 Å². The van der Waals surface area contributed by atoms with Gasteiger partial charge in [0.2, 0.25) is 0 Å². The van der Waals surface area contributed by atoms with Crippen LogP contribution in [0.2, 0.25) is 0 Å². The van der Waals surface area contributed by atoms with Gasteiger partial charge in [0.05, 0.1) is 13.2 Å². The summed E-state index contributed by atoms with van der Waals surface area (Å²) in [7, 11) is 0. The monoisotopic (exact) mass is 258 g/mol. The minimum Gasteiger partial charge on any atom is -0.381 e. The number of hydrogen-bond donors (Lipinski definition) is 2. The van der Waals surface area contributed by atoms with Crippen molar-refractivity contribution in [3.8, 4) is 11.8 Å². The number of benzene rings is 1. The Morgan fingerprint density at radius 2 is 2.42 bits per heavy atom. The molecule has 0 aliphatic carbocycles. The number of nitrogens with one attached hydrogen (secondary N) is 1. The van der Waals surface area contributed by atoms with Crippen molar-refractivity contribution in [2.75, 3.05) is 26.3 Å². The van der Waals surface area contributed by atoms with Crippen molar-refractivity contribution < 1.29 is 9.53 Å². The second-order valence-corrected chi connectivity index (χ2v) is 4.53. The van der Waals surface area contributed by atoms with E-state index in [4.69, 9.17) is 10.5 Å². The van der Waals surface area contributed by atoms with Gasteiger partial charge < -0.3 is 15.8 Å². The first-order valence-corrected chi connectivity index (χ1v) is 6.44. The van der Waals surface area contributed by atoms with Gasteiger partial charge in [-0.15, -0.1) is 0 Å². The lowest BCUT2D eigenvalue weighted by Gasteiger charge is -2.09. The van der Waals surface area contributed by atoms with Crippen LogP contribution >= 0.6 is 0 Å². The molecule has 0 bridgehead atoms. The highest BCUT2D eigenvalue weighted by Gasteiger charge is 2.16. The van der Waals surface area contributed by atoms with Gasteiger partial charge in [-0.3, -0.25) is 4.79 Å². The smallest absolute Gasteiger partial charge is 0.251 e. The fourth-order valence-corrected chi connectivity index (χ4v) is 1.97. The number of amides is 1. The summed E-state index contributed by atoms with van der Waals surface area (Å²) in [4.78, 5) is 12.0. The second kappa shape index (κ2) is 6.93. The molecule has 0 aromatic heterocycles. The molecular formula is C15H18N2O2. The van der Waals surface area contributed by atoms with E-state index < -0.39 is 0 Å². The van der Waals surface area contributed by atoms with Crippen molar-refractivity contribution in [3.05, 3.63) is 35.4 Å². The van der Waals surface area contributed by atoms with Gasteiger partial charge in [0.25, 0.3) is 5.91 Å². The van der Waals surface area contributed by atoms with Gasteiger partial charge in [-0.1, -0.05) is 17.9 Å². The zero-order chi connectivity index (χ0) is 13.5. The zero-order valence-corrected chi connectivity index (χ0v) is 10.8. The van der Waals surface area contributed by atoms with E-state index in [0.717, 1.165) is 25.2 Å². The minimum absolute atomic E-state index is 0.0664. The van der Waals surface area contributed by atoms with Gasteiger partial charge >= 0.3 is 0 Å². The first-order chi connectivity index (χ1) is 9.29. The van der Waals surface area contributed by atoms with E-state index in [1.165, 1.54) is 0 Å². The molecule has 1 aliphatic heterocycles. The van der Waals surface area contributed by atoms with Gasteiger partial charge in [0.1, 0.15) is 0 Å². The average Bonchev–Trinajstić information content (AvgIpc) is 2.96. The van der Waals surface area contributed by atoms with Gasteiger partial charge in [-0.05, 0) is 24.6 Å². The Kier molecular flexibility index (Phi) is 4.96. The van der Waals surface area contributed by atoms with Crippen LogP contribution in [0.4, 0.5) is 0 Å². The van der Waals surface area contributed by atoms with Crippen molar-refractivity contribution in [3.63, 3.8) is 0 Å². The molecule has 0 spiro atoms. The summed E-state index contributed by atoms with van der Waals surface area (Å²) in [5, 5.41) is 2.93. The number of carbonyl (C=O) groups excluding carboxylic acids is 1. The molecule has 4 nitrogen and oxygen atoms in total. The van der Waals surface area contributed by atoms with Gasteiger partial charge in [0, 0.05) is 30.2 Å². The van der Waals surface area contributed by atoms with E-state index in [1.807, 2.05) is 12.1 Å². The molecule has 1 heterocycles. The first kappa shape index (κ1) is 13.6. The molecule has 1 atom stereocenters. The predicted octanol–water partition coefficient (Wildman–Crippen LogP) is 0.763. The molecular weight excluding hydrogens is 240 g/mol. The minimum atomic E-state index is -0.0664. The van der Waals surface area contributed by atoms with Gasteiger partial charge in [-0.2, -0.15) is 0 Å². The van der Waals surface area contributed by atoms with Crippen LogP contribution in [0.25, 0.3) is 0 Å². The Hall–Kier alpha value is -1.83. The Labute approximate surface area is 113 Å². The molecule has 0 radical (unpaired) electrons. The maximum atomic E-state index is 12.0. The van der Waals surface area contributed by atoms with Crippen LogP contribution in [0.5, 0.6) is 0 Å². The Morgan fingerprint density at radius 1 is 1.53 bits per heavy atom. The van der Waals surface area contributed by atoms with Crippen LogP contribution in [-0.4, -0.2) is 32.2 Å². The van der Waals surface area contributed by atoms with E-state index in [1.54, 1.807) is 12.1 Å². The number of carbonyl (C=O) groups is 1. The third-order valence-electron chi connectivity index (χ3n) is 3.03. The summed E-state index contributed by atoms with van der Waals surface area (Å²) in [6, 6.07) is 7.26. The molecule has 4 heteroatoms. The fourth-order valence-electron chi connectivity index (χ4n) is 1.97. The predicted molar refractivity (Wildman–Crippen MR) is 73.6 cm³/mol. The number of rotatable bonds is 3.